The molecule has 0 aliphatic carbocycles. The number of aryl methyl sites for hydroxylation is 3. The first-order valence-electron chi connectivity index (χ1n) is 10.0. The topological polar surface area (TPSA) is 69.3 Å². The van der Waals surface area contributed by atoms with Crippen LogP contribution in [-0.4, -0.2) is 58.9 Å². The van der Waals surface area contributed by atoms with Gasteiger partial charge in [0.05, 0.1) is 16.0 Å². The molecule has 0 spiro atoms. The number of likely N-dealkylation sites (N-methyl/N-ethyl adjacent to an activating group) is 1. The number of rotatable bonds is 4. The van der Waals surface area contributed by atoms with E-state index in [2.05, 4.69) is 54.0 Å². The van der Waals surface area contributed by atoms with Gasteiger partial charge >= 0.3 is 0 Å². The third-order valence-electron chi connectivity index (χ3n) is 5.54. The maximum atomic E-state index is 13.0. The van der Waals surface area contributed by atoms with Crippen molar-refractivity contribution in [3.63, 3.8) is 0 Å². The van der Waals surface area contributed by atoms with Crippen molar-refractivity contribution >= 4 is 39.2 Å². The standard InChI is InChI=1S/C22H26N4O2S2/c1-13-5-6-14(2)16(11-13)29-12-17-23-20(27)18-15(3)19(30-21(18)24-17)22(28)26-9-7-25(4)8-10-26/h5-6,11H,7-10,12H2,1-4H3,(H,23,24,27). The van der Waals surface area contributed by atoms with Crippen molar-refractivity contribution in [3.8, 4) is 0 Å². The minimum atomic E-state index is -0.164. The van der Waals surface area contributed by atoms with E-state index in [-0.39, 0.29) is 11.5 Å². The zero-order valence-corrected chi connectivity index (χ0v) is 19.4. The average molecular weight is 443 g/mol. The van der Waals surface area contributed by atoms with E-state index in [1.807, 2.05) is 11.8 Å². The normalized spacial score (nSPS) is 15.1. The van der Waals surface area contributed by atoms with Gasteiger partial charge in [-0.25, -0.2) is 4.98 Å². The number of thiophene rings is 1. The molecule has 1 aliphatic rings. The molecule has 0 saturated carbocycles. The van der Waals surface area contributed by atoms with Crippen molar-refractivity contribution in [2.24, 2.45) is 0 Å². The summed E-state index contributed by atoms with van der Waals surface area (Å²) >= 11 is 3.00. The van der Waals surface area contributed by atoms with E-state index in [0.717, 1.165) is 18.7 Å². The second kappa shape index (κ2) is 8.53. The zero-order valence-electron chi connectivity index (χ0n) is 17.7. The number of nitrogens with zero attached hydrogens (tertiary/aromatic N) is 3. The summed E-state index contributed by atoms with van der Waals surface area (Å²) in [6, 6.07) is 6.35. The molecule has 30 heavy (non-hydrogen) atoms. The summed E-state index contributed by atoms with van der Waals surface area (Å²) in [4.78, 5) is 40.0. The number of H-pyrrole nitrogens is 1. The third-order valence-corrected chi connectivity index (χ3v) is 7.88. The average Bonchev–Trinajstić information content (AvgIpc) is 3.05. The van der Waals surface area contributed by atoms with Gasteiger partial charge in [0, 0.05) is 31.1 Å². The molecule has 0 radical (unpaired) electrons. The molecule has 3 heterocycles. The van der Waals surface area contributed by atoms with Crippen LogP contribution in [0.15, 0.2) is 27.9 Å². The molecule has 0 unspecified atom stereocenters. The van der Waals surface area contributed by atoms with Gasteiger partial charge in [0.1, 0.15) is 10.7 Å². The van der Waals surface area contributed by atoms with E-state index >= 15 is 0 Å². The molecule has 158 valence electrons. The number of carbonyl (C=O) groups excluding carboxylic acids is 1. The number of fused-ring (bicyclic) bond motifs is 1. The molecule has 1 aromatic carbocycles. The molecular formula is C22H26N4O2S2. The Morgan fingerprint density at radius 2 is 1.93 bits per heavy atom. The molecule has 2 aromatic heterocycles. The van der Waals surface area contributed by atoms with Crippen LogP contribution < -0.4 is 5.56 Å². The second-order valence-corrected chi connectivity index (χ2v) is 9.92. The lowest BCUT2D eigenvalue weighted by molar-refractivity contribution is 0.0668. The molecule has 1 fully saturated rings. The van der Waals surface area contributed by atoms with Crippen LogP contribution in [0.1, 0.15) is 32.2 Å². The van der Waals surface area contributed by atoms with Crippen LogP contribution in [0.4, 0.5) is 0 Å². The van der Waals surface area contributed by atoms with Crippen LogP contribution >= 0.6 is 23.1 Å². The Labute approximate surface area is 184 Å². The summed E-state index contributed by atoms with van der Waals surface area (Å²) in [6.07, 6.45) is 0. The smallest absolute Gasteiger partial charge is 0.264 e. The molecule has 1 N–H and O–H groups in total. The van der Waals surface area contributed by atoms with Crippen molar-refractivity contribution in [2.45, 2.75) is 31.4 Å². The van der Waals surface area contributed by atoms with Gasteiger partial charge < -0.3 is 14.8 Å². The van der Waals surface area contributed by atoms with E-state index < -0.39 is 0 Å². The number of hydrogen-bond acceptors (Lipinski definition) is 6. The van der Waals surface area contributed by atoms with Crippen LogP contribution in [-0.2, 0) is 5.75 Å². The van der Waals surface area contributed by atoms with E-state index in [1.165, 1.54) is 27.4 Å². The van der Waals surface area contributed by atoms with Crippen LogP contribution in [0, 0.1) is 20.8 Å². The van der Waals surface area contributed by atoms with Crippen molar-refractivity contribution in [1.29, 1.82) is 0 Å². The van der Waals surface area contributed by atoms with Crippen LogP contribution in [0.2, 0.25) is 0 Å². The van der Waals surface area contributed by atoms with Crippen LogP contribution in [0.3, 0.4) is 0 Å². The fraction of sp³-hybridized carbons (Fsp3) is 0.409. The van der Waals surface area contributed by atoms with Gasteiger partial charge in [0.15, 0.2) is 0 Å². The summed E-state index contributed by atoms with van der Waals surface area (Å²) < 4.78 is 0. The quantitative estimate of drug-likeness (QED) is 0.626. The van der Waals surface area contributed by atoms with Gasteiger partial charge in [-0.05, 0) is 45.0 Å². The summed E-state index contributed by atoms with van der Waals surface area (Å²) in [5.74, 6) is 1.22. The van der Waals surface area contributed by atoms with Crippen LogP contribution in [0.5, 0.6) is 0 Å². The molecule has 1 aliphatic heterocycles. The number of nitrogens with one attached hydrogen (secondary N) is 1. The monoisotopic (exact) mass is 442 g/mol. The Morgan fingerprint density at radius 1 is 1.20 bits per heavy atom. The third kappa shape index (κ3) is 4.17. The molecule has 8 heteroatoms. The fourth-order valence-electron chi connectivity index (χ4n) is 3.62. The van der Waals surface area contributed by atoms with Gasteiger partial charge in [0.25, 0.3) is 11.5 Å². The highest BCUT2D eigenvalue weighted by Crippen LogP contribution is 2.30. The molecule has 0 atom stereocenters. The molecule has 4 rings (SSSR count). The van der Waals surface area contributed by atoms with Gasteiger partial charge in [-0.15, -0.1) is 23.1 Å². The van der Waals surface area contributed by atoms with Crippen molar-refractivity contribution in [2.75, 3.05) is 33.2 Å². The number of thioether (sulfide) groups is 1. The Balaban J connectivity index is 1.60. The first-order valence-corrected chi connectivity index (χ1v) is 11.8. The van der Waals surface area contributed by atoms with Crippen molar-refractivity contribution < 1.29 is 4.79 Å². The molecule has 1 amide bonds. The number of amides is 1. The Kier molecular flexibility index (Phi) is 5.99. The maximum Gasteiger partial charge on any atom is 0.264 e. The first kappa shape index (κ1) is 21.1. The fourth-order valence-corrected chi connectivity index (χ4v) is 5.79. The lowest BCUT2D eigenvalue weighted by Crippen LogP contribution is -2.47. The lowest BCUT2D eigenvalue weighted by atomic mass is 10.2. The minimum Gasteiger partial charge on any atom is -0.335 e. The van der Waals surface area contributed by atoms with E-state index in [9.17, 15) is 9.59 Å². The molecular weight excluding hydrogens is 416 g/mol. The van der Waals surface area contributed by atoms with Gasteiger partial charge in [-0.2, -0.15) is 0 Å². The zero-order chi connectivity index (χ0) is 21.4. The second-order valence-electron chi connectivity index (χ2n) is 7.90. The summed E-state index contributed by atoms with van der Waals surface area (Å²) in [7, 11) is 2.06. The highest BCUT2D eigenvalue weighted by Gasteiger charge is 2.25. The van der Waals surface area contributed by atoms with Gasteiger partial charge in [0.2, 0.25) is 0 Å². The lowest BCUT2D eigenvalue weighted by Gasteiger charge is -2.32. The number of hydrogen-bond donors (Lipinski definition) is 1. The van der Waals surface area contributed by atoms with E-state index in [1.54, 1.807) is 11.8 Å². The Bertz CT molecular complexity index is 1160. The van der Waals surface area contributed by atoms with Gasteiger partial charge in [-0.3, -0.25) is 9.59 Å². The summed E-state index contributed by atoms with van der Waals surface area (Å²) in [5.41, 5.74) is 2.99. The summed E-state index contributed by atoms with van der Waals surface area (Å²) in [6.45, 7) is 9.17. The number of carbonyl (C=O) groups is 1. The molecule has 0 bridgehead atoms. The largest absolute Gasteiger partial charge is 0.335 e. The molecule has 3 aromatic rings. The van der Waals surface area contributed by atoms with Crippen molar-refractivity contribution in [1.82, 2.24) is 19.8 Å². The SMILES string of the molecule is Cc1ccc(C)c(SCc2nc3sc(C(=O)N4CCN(C)CC4)c(C)c3c(=O)[nH]2)c1. The predicted octanol–water partition coefficient (Wildman–Crippen LogP) is 3.59. The molecule has 1 saturated heterocycles. The van der Waals surface area contributed by atoms with Crippen LogP contribution in [0.25, 0.3) is 10.2 Å². The van der Waals surface area contributed by atoms with E-state index in [4.69, 9.17) is 0 Å². The van der Waals surface area contributed by atoms with Gasteiger partial charge in [-0.1, -0.05) is 17.7 Å². The first-order chi connectivity index (χ1) is 14.3. The minimum absolute atomic E-state index is 0.00862. The van der Waals surface area contributed by atoms with E-state index in [0.29, 0.717) is 39.8 Å². The highest BCUT2D eigenvalue weighted by molar-refractivity contribution is 7.98. The Hall–Kier alpha value is -2.16. The summed E-state index contributed by atoms with van der Waals surface area (Å²) in [5, 5.41) is 0.540. The Morgan fingerprint density at radius 3 is 2.67 bits per heavy atom. The number of aromatic amines is 1. The maximum absolute atomic E-state index is 13.0. The van der Waals surface area contributed by atoms with Crippen molar-refractivity contribution in [3.05, 3.63) is 55.9 Å². The number of piperazine rings is 1. The number of aromatic nitrogens is 2. The predicted molar refractivity (Wildman–Crippen MR) is 124 cm³/mol. The highest BCUT2D eigenvalue weighted by atomic mass is 32.2. The number of benzene rings is 1. The molecule has 6 nitrogen and oxygen atoms in total.